The SMILES string of the molecule is Cc1cc(Br)ccc1SCC(=O)OC(C)C(=O)Nc1c(F)cccc1F. The quantitative estimate of drug-likeness (QED) is 0.519. The van der Waals surface area contributed by atoms with Crippen LogP contribution in [0, 0.1) is 18.6 Å². The number of ether oxygens (including phenoxy) is 1. The van der Waals surface area contributed by atoms with Crippen molar-refractivity contribution in [1.29, 1.82) is 0 Å². The number of hydrogen-bond acceptors (Lipinski definition) is 4. The van der Waals surface area contributed by atoms with Gasteiger partial charge in [-0.2, -0.15) is 0 Å². The second-order valence-electron chi connectivity index (χ2n) is 5.42. The number of amides is 1. The summed E-state index contributed by atoms with van der Waals surface area (Å²) in [5.74, 6) is -3.22. The van der Waals surface area contributed by atoms with Crippen LogP contribution in [-0.2, 0) is 14.3 Å². The van der Waals surface area contributed by atoms with E-state index in [1.165, 1.54) is 24.8 Å². The summed E-state index contributed by atoms with van der Waals surface area (Å²) < 4.78 is 33.0. The molecule has 0 saturated carbocycles. The van der Waals surface area contributed by atoms with Gasteiger partial charge in [0.1, 0.15) is 17.3 Å². The molecule has 0 aliphatic rings. The Morgan fingerprint density at radius 2 is 1.88 bits per heavy atom. The van der Waals surface area contributed by atoms with Crippen molar-refractivity contribution in [3.8, 4) is 0 Å². The van der Waals surface area contributed by atoms with Crippen LogP contribution in [0.15, 0.2) is 45.8 Å². The topological polar surface area (TPSA) is 55.4 Å². The first-order valence-electron chi connectivity index (χ1n) is 7.61. The highest BCUT2D eigenvalue weighted by Crippen LogP contribution is 2.25. The molecular weight excluding hydrogens is 428 g/mol. The maximum atomic E-state index is 13.5. The molecule has 1 unspecified atom stereocenters. The number of rotatable bonds is 6. The third-order valence-electron chi connectivity index (χ3n) is 3.37. The highest BCUT2D eigenvalue weighted by atomic mass is 79.9. The second kappa shape index (κ2) is 9.14. The zero-order valence-electron chi connectivity index (χ0n) is 14.0. The molecule has 4 nitrogen and oxygen atoms in total. The molecule has 0 fully saturated rings. The van der Waals surface area contributed by atoms with Gasteiger partial charge in [0.2, 0.25) is 0 Å². The molecule has 2 aromatic rings. The average Bonchev–Trinajstić information content (AvgIpc) is 2.57. The van der Waals surface area contributed by atoms with Gasteiger partial charge in [-0.3, -0.25) is 9.59 Å². The molecule has 0 heterocycles. The Hall–Kier alpha value is -1.93. The number of benzene rings is 2. The molecule has 26 heavy (non-hydrogen) atoms. The second-order valence-corrected chi connectivity index (χ2v) is 7.35. The Bertz CT molecular complexity index is 812. The first-order valence-corrected chi connectivity index (χ1v) is 9.39. The van der Waals surface area contributed by atoms with Gasteiger partial charge in [-0.05, 0) is 49.7 Å². The number of esters is 1. The monoisotopic (exact) mass is 443 g/mol. The minimum Gasteiger partial charge on any atom is -0.452 e. The number of anilines is 1. The Morgan fingerprint density at radius 3 is 2.50 bits per heavy atom. The van der Waals surface area contributed by atoms with E-state index >= 15 is 0 Å². The van der Waals surface area contributed by atoms with Gasteiger partial charge in [0.15, 0.2) is 6.10 Å². The van der Waals surface area contributed by atoms with E-state index in [0.29, 0.717) is 0 Å². The van der Waals surface area contributed by atoms with Crippen molar-refractivity contribution >= 4 is 45.3 Å². The van der Waals surface area contributed by atoms with Gasteiger partial charge in [-0.15, -0.1) is 11.8 Å². The van der Waals surface area contributed by atoms with E-state index < -0.39 is 35.3 Å². The molecule has 0 aliphatic carbocycles. The van der Waals surface area contributed by atoms with Crippen molar-refractivity contribution in [1.82, 2.24) is 0 Å². The van der Waals surface area contributed by atoms with Crippen molar-refractivity contribution in [2.75, 3.05) is 11.1 Å². The standard InChI is InChI=1S/C18H16BrF2NO3S/c1-10-8-12(19)6-7-15(10)26-9-16(23)25-11(2)18(24)22-17-13(20)4-3-5-14(17)21/h3-8,11H,9H2,1-2H3,(H,22,24). The molecule has 8 heteroatoms. The molecule has 1 amide bonds. The van der Waals surface area contributed by atoms with Crippen LogP contribution in [0.2, 0.25) is 0 Å². The van der Waals surface area contributed by atoms with Crippen molar-refractivity contribution < 1.29 is 23.1 Å². The molecule has 0 spiro atoms. The molecule has 138 valence electrons. The zero-order chi connectivity index (χ0) is 19.3. The molecule has 1 N–H and O–H groups in total. The van der Waals surface area contributed by atoms with E-state index in [1.807, 2.05) is 25.1 Å². The molecule has 0 saturated heterocycles. The summed E-state index contributed by atoms with van der Waals surface area (Å²) in [5, 5.41) is 2.09. The van der Waals surface area contributed by atoms with E-state index in [4.69, 9.17) is 4.74 Å². The van der Waals surface area contributed by atoms with Crippen LogP contribution in [0.4, 0.5) is 14.5 Å². The fourth-order valence-corrected chi connectivity index (χ4v) is 3.31. The third kappa shape index (κ3) is 5.54. The van der Waals surface area contributed by atoms with E-state index in [9.17, 15) is 18.4 Å². The van der Waals surface area contributed by atoms with E-state index in [0.717, 1.165) is 27.1 Å². The van der Waals surface area contributed by atoms with Crippen LogP contribution in [0.25, 0.3) is 0 Å². The number of hydrogen-bond donors (Lipinski definition) is 1. The lowest BCUT2D eigenvalue weighted by molar-refractivity contribution is -0.150. The van der Waals surface area contributed by atoms with Crippen molar-refractivity contribution in [3.05, 3.63) is 58.1 Å². The predicted molar refractivity (Wildman–Crippen MR) is 100 cm³/mol. The number of para-hydroxylation sites is 1. The number of carbonyl (C=O) groups excluding carboxylic acids is 2. The van der Waals surface area contributed by atoms with Gasteiger partial charge in [-0.25, -0.2) is 8.78 Å². The molecule has 2 aromatic carbocycles. The molecule has 1 atom stereocenters. The van der Waals surface area contributed by atoms with Gasteiger partial charge in [0.25, 0.3) is 5.91 Å². The zero-order valence-corrected chi connectivity index (χ0v) is 16.4. The first-order chi connectivity index (χ1) is 12.3. The van der Waals surface area contributed by atoms with Crippen LogP contribution in [0.3, 0.4) is 0 Å². The van der Waals surface area contributed by atoms with Crippen LogP contribution in [0.1, 0.15) is 12.5 Å². The minimum atomic E-state index is -1.19. The van der Waals surface area contributed by atoms with Gasteiger partial charge in [0, 0.05) is 9.37 Å². The fraction of sp³-hybridized carbons (Fsp3) is 0.222. The third-order valence-corrected chi connectivity index (χ3v) is 5.01. The Kier molecular flexibility index (Phi) is 7.16. The largest absolute Gasteiger partial charge is 0.452 e. The summed E-state index contributed by atoms with van der Waals surface area (Å²) in [5.41, 5.74) is 0.429. The minimum absolute atomic E-state index is 0.00809. The Balaban J connectivity index is 1.89. The lowest BCUT2D eigenvalue weighted by atomic mass is 10.2. The van der Waals surface area contributed by atoms with E-state index in [2.05, 4.69) is 21.2 Å². The van der Waals surface area contributed by atoms with Crippen LogP contribution >= 0.6 is 27.7 Å². The van der Waals surface area contributed by atoms with Crippen LogP contribution < -0.4 is 5.32 Å². The van der Waals surface area contributed by atoms with Crippen molar-refractivity contribution in [3.63, 3.8) is 0 Å². The number of carbonyl (C=O) groups is 2. The highest BCUT2D eigenvalue weighted by molar-refractivity contribution is 9.10. The van der Waals surface area contributed by atoms with Gasteiger partial charge in [0.05, 0.1) is 5.75 Å². The number of nitrogens with one attached hydrogen (secondary N) is 1. The summed E-state index contributed by atoms with van der Waals surface area (Å²) >= 11 is 4.64. The van der Waals surface area contributed by atoms with Crippen LogP contribution in [-0.4, -0.2) is 23.7 Å². The lowest BCUT2D eigenvalue weighted by Gasteiger charge is -2.14. The van der Waals surface area contributed by atoms with Crippen molar-refractivity contribution in [2.24, 2.45) is 0 Å². The van der Waals surface area contributed by atoms with E-state index in [-0.39, 0.29) is 5.75 Å². The molecule has 0 aromatic heterocycles. The number of halogens is 3. The van der Waals surface area contributed by atoms with E-state index in [1.54, 1.807) is 0 Å². The first kappa shape index (κ1) is 20.4. The highest BCUT2D eigenvalue weighted by Gasteiger charge is 2.21. The molecular formula is C18H16BrF2NO3S. The lowest BCUT2D eigenvalue weighted by Crippen LogP contribution is -2.31. The molecule has 0 radical (unpaired) electrons. The van der Waals surface area contributed by atoms with Gasteiger partial charge in [-0.1, -0.05) is 22.0 Å². The summed E-state index contributed by atoms with van der Waals surface area (Å²) in [6.45, 7) is 3.25. The Morgan fingerprint density at radius 1 is 1.23 bits per heavy atom. The molecule has 2 rings (SSSR count). The predicted octanol–water partition coefficient (Wildman–Crippen LogP) is 4.70. The maximum absolute atomic E-state index is 13.5. The molecule has 0 bridgehead atoms. The summed E-state index contributed by atoms with van der Waals surface area (Å²) in [7, 11) is 0. The number of aryl methyl sites for hydroxylation is 1. The molecule has 0 aliphatic heterocycles. The maximum Gasteiger partial charge on any atom is 0.317 e. The summed E-state index contributed by atoms with van der Waals surface area (Å²) in [6.07, 6.45) is -1.19. The van der Waals surface area contributed by atoms with Crippen molar-refractivity contribution in [2.45, 2.75) is 24.8 Å². The average molecular weight is 444 g/mol. The summed E-state index contributed by atoms with van der Waals surface area (Å²) in [6, 6.07) is 8.88. The van der Waals surface area contributed by atoms with Crippen LogP contribution in [0.5, 0.6) is 0 Å². The van der Waals surface area contributed by atoms with Gasteiger partial charge < -0.3 is 10.1 Å². The fourth-order valence-electron chi connectivity index (χ4n) is 2.04. The number of thioether (sulfide) groups is 1. The smallest absolute Gasteiger partial charge is 0.317 e. The Labute approximate surface area is 162 Å². The summed E-state index contributed by atoms with van der Waals surface area (Å²) in [4.78, 5) is 24.8. The van der Waals surface area contributed by atoms with Gasteiger partial charge >= 0.3 is 5.97 Å². The normalized spacial score (nSPS) is 11.7.